The molecule has 2 aromatic heterocycles. The van der Waals surface area contributed by atoms with E-state index in [0.29, 0.717) is 43.9 Å². The number of carbonyl (C=O) groups is 2. The molecular weight excluding hydrogens is 382 g/mol. The Balaban J connectivity index is 1.64. The Hall–Kier alpha value is -3.35. The number of imidazole rings is 1. The van der Waals surface area contributed by atoms with Crippen LogP contribution >= 0.6 is 0 Å². The Morgan fingerprint density at radius 1 is 1.10 bits per heavy atom. The number of hydrogen-bond donors (Lipinski definition) is 0. The quantitative estimate of drug-likeness (QED) is 0.606. The van der Waals surface area contributed by atoms with Crippen LogP contribution in [0, 0.1) is 5.92 Å². The van der Waals surface area contributed by atoms with Crippen molar-refractivity contribution in [3.63, 3.8) is 0 Å². The molecule has 4 rings (SSSR count). The van der Waals surface area contributed by atoms with Crippen LogP contribution < -0.4 is 4.74 Å². The van der Waals surface area contributed by atoms with E-state index in [4.69, 9.17) is 9.47 Å². The maximum absolute atomic E-state index is 13.4. The van der Waals surface area contributed by atoms with E-state index < -0.39 is 0 Å². The van der Waals surface area contributed by atoms with E-state index in [1.54, 1.807) is 18.9 Å². The van der Waals surface area contributed by atoms with Gasteiger partial charge < -0.3 is 14.4 Å². The summed E-state index contributed by atoms with van der Waals surface area (Å²) in [6, 6.07) is 13.3. The summed E-state index contributed by atoms with van der Waals surface area (Å²) in [5.74, 6) is 0.320. The molecule has 0 radical (unpaired) electrons. The molecule has 0 aliphatic carbocycles. The van der Waals surface area contributed by atoms with Crippen LogP contribution in [-0.2, 0) is 9.53 Å². The number of hydrogen-bond acceptors (Lipinski definition) is 5. The Morgan fingerprint density at radius 3 is 2.50 bits per heavy atom. The van der Waals surface area contributed by atoms with Gasteiger partial charge in [-0.1, -0.05) is 6.07 Å². The average molecular weight is 407 g/mol. The number of benzene rings is 1. The van der Waals surface area contributed by atoms with Gasteiger partial charge >= 0.3 is 5.97 Å². The lowest BCUT2D eigenvalue weighted by Crippen LogP contribution is -2.41. The number of pyridine rings is 1. The van der Waals surface area contributed by atoms with Crippen LogP contribution in [0.15, 0.2) is 48.7 Å². The largest absolute Gasteiger partial charge is 0.497 e. The number of fused-ring (bicyclic) bond motifs is 1. The fraction of sp³-hybridized carbons (Fsp3) is 0.348. The third kappa shape index (κ3) is 3.75. The van der Waals surface area contributed by atoms with Gasteiger partial charge in [-0.25, -0.2) is 4.98 Å². The van der Waals surface area contributed by atoms with Crippen LogP contribution in [-0.4, -0.2) is 53.0 Å². The van der Waals surface area contributed by atoms with E-state index in [0.717, 1.165) is 17.0 Å². The molecule has 156 valence electrons. The summed E-state index contributed by atoms with van der Waals surface area (Å²) in [6.45, 7) is 3.21. The normalized spacial score (nSPS) is 14.7. The minimum Gasteiger partial charge on any atom is -0.497 e. The van der Waals surface area contributed by atoms with Crippen LogP contribution in [0.4, 0.5) is 0 Å². The van der Waals surface area contributed by atoms with Crippen molar-refractivity contribution in [2.75, 3.05) is 26.8 Å². The molecule has 3 heterocycles. The fourth-order valence-electron chi connectivity index (χ4n) is 3.90. The molecule has 7 heteroatoms. The molecule has 1 aliphatic rings. The molecular formula is C23H25N3O4. The zero-order valence-corrected chi connectivity index (χ0v) is 17.2. The van der Waals surface area contributed by atoms with Crippen molar-refractivity contribution < 1.29 is 19.1 Å². The Labute approximate surface area is 175 Å². The molecule has 0 saturated carbocycles. The molecule has 1 saturated heterocycles. The van der Waals surface area contributed by atoms with E-state index in [1.165, 1.54) is 0 Å². The third-order valence-corrected chi connectivity index (χ3v) is 5.50. The zero-order chi connectivity index (χ0) is 21.1. The van der Waals surface area contributed by atoms with Crippen molar-refractivity contribution in [3.8, 4) is 17.0 Å². The minimum atomic E-state index is -0.170. The summed E-state index contributed by atoms with van der Waals surface area (Å²) in [7, 11) is 1.62. The molecule has 0 spiro atoms. The fourth-order valence-corrected chi connectivity index (χ4v) is 3.90. The maximum Gasteiger partial charge on any atom is 0.309 e. The summed E-state index contributed by atoms with van der Waals surface area (Å²) in [6.07, 6.45) is 3.12. The maximum atomic E-state index is 13.4. The highest BCUT2D eigenvalue weighted by Gasteiger charge is 2.31. The summed E-state index contributed by atoms with van der Waals surface area (Å²) in [5.41, 5.74) is 2.78. The summed E-state index contributed by atoms with van der Waals surface area (Å²) in [4.78, 5) is 31.8. The SMILES string of the molecule is CCOC(=O)C1CCN(C(=O)c2nc3ccccn3c2-c2ccc(OC)cc2)CC1. The molecule has 30 heavy (non-hydrogen) atoms. The molecule has 0 atom stereocenters. The number of carbonyl (C=O) groups excluding carboxylic acids is 2. The second kappa shape index (κ2) is 8.57. The summed E-state index contributed by atoms with van der Waals surface area (Å²) in [5, 5.41) is 0. The van der Waals surface area contributed by atoms with Gasteiger partial charge in [0.05, 0.1) is 25.3 Å². The number of esters is 1. The molecule has 0 bridgehead atoms. The van der Waals surface area contributed by atoms with Crippen molar-refractivity contribution in [1.82, 2.24) is 14.3 Å². The first kappa shape index (κ1) is 19.9. The van der Waals surface area contributed by atoms with Gasteiger partial charge in [-0.05, 0) is 56.2 Å². The number of likely N-dealkylation sites (tertiary alicyclic amines) is 1. The first-order valence-corrected chi connectivity index (χ1v) is 10.2. The Kier molecular flexibility index (Phi) is 5.70. The van der Waals surface area contributed by atoms with Crippen molar-refractivity contribution in [1.29, 1.82) is 0 Å². The van der Waals surface area contributed by atoms with Crippen LogP contribution in [0.3, 0.4) is 0 Å². The molecule has 1 aromatic carbocycles. The van der Waals surface area contributed by atoms with E-state index in [1.807, 2.05) is 53.1 Å². The van der Waals surface area contributed by atoms with Crippen LogP contribution in [0.1, 0.15) is 30.3 Å². The highest BCUT2D eigenvalue weighted by atomic mass is 16.5. The van der Waals surface area contributed by atoms with E-state index in [2.05, 4.69) is 4.98 Å². The molecule has 1 amide bonds. The average Bonchev–Trinajstić information content (AvgIpc) is 3.18. The van der Waals surface area contributed by atoms with Gasteiger partial charge in [0.15, 0.2) is 5.69 Å². The molecule has 3 aromatic rings. The first-order chi connectivity index (χ1) is 14.6. The predicted molar refractivity (Wildman–Crippen MR) is 112 cm³/mol. The smallest absolute Gasteiger partial charge is 0.309 e. The predicted octanol–water partition coefficient (Wildman–Crippen LogP) is 3.43. The second-order valence-corrected chi connectivity index (χ2v) is 7.28. The van der Waals surface area contributed by atoms with Gasteiger partial charge in [-0.2, -0.15) is 0 Å². The van der Waals surface area contributed by atoms with E-state index >= 15 is 0 Å². The molecule has 7 nitrogen and oxygen atoms in total. The lowest BCUT2D eigenvalue weighted by atomic mass is 9.96. The lowest BCUT2D eigenvalue weighted by Gasteiger charge is -2.30. The van der Waals surface area contributed by atoms with Crippen molar-refractivity contribution in [3.05, 3.63) is 54.4 Å². The standard InChI is InChI=1S/C23H25N3O4/c1-3-30-23(28)17-11-14-25(15-12-17)22(27)20-21(16-7-9-18(29-2)10-8-16)26-13-5-4-6-19(26)24-20/h4-10,13,17H,3,11-12,14-15H2,1-2H3. The molecule has 0 unspecified atom stereocenters. The monoisotopic (exact) mass is 407 g/mol. The third-order valence-electron chi connectivity index (χ3n) is 5.50. The number of piperidine rings is 1. The highest BCUT2D eigenvalue weighted by molar-refractivity contribution is 5.99. The number of rotatable bonds is 5. The number of ether oxygens (including phenoxy) is 2. The topological polar surface area (TPSA) is 73.1 Å². The Morgan fingerprint density at radius 2 is 1.83 bits per heavy atom. The number of methoxy groups -OCH3 is 1. The van der Waals surface area contributed by atoms with Gasteiger partial charge in [0.25, 0.3) is 5.91 Å². The van der Waals surface area contributed by atoms with Crippen molar-refractivity contribution in [2.24, 2.45) is 5.92 Å². The van der Waals surface area contributed by atoms with Crippen molar-refractivity contribution in [2.45, 2.75) is 19.8 Å². The minimum absolute atomic E-state index is 0.119. The highest BCUT2D eigenvalue weighted by Crippen LogP contribution is 2.29. The van der Waals surface area contributed by atoms with Crippen LogP contribution in [0.5, 0.6) is 5.75 Å². The summed E-state index contributed by atoms with van der Waals surface area (Å²) < 4.78 is 12.3. The second-order valence-electron chi connectivity index (χ2n) is 7.28. The van der Waals surface area contributed by atoms with Gasteiger partial charge in [0.2, 0.25) is 0 Å². The number of nitrogens with zero attached hydrogens (tertiary/aromatic N) is 3. The summed E-state index contributed by atoms with van der Waals surface area (Å²) >= 11 is 0. The van der Waals surface area contributed by atoms with Crippen molar-refractivity contribution >= 4 is 17.5 Å². The molecule has 1 aliphatic heterocycles. The lowest BCUT2D eigenvalue weighted by molar-refractivity contribution is -0.149. The van der Waals surface area contributed by atoms with Crippen LogP contribution in [0.2, 0.25) is 0 Å². The molecule has 1 fully saturated rings. The van der Waals surface area contributed by atoms with E-state index in [-0.39, 0.29) is 17.8 Å². The molecule has 0 N–H and O–H groups in total. The number of amides is 1. The van der Waals surface area contributed by atoms with E-state index in [9.17, 15) is 9.59 Å². The van der Waals surface area contributed by atoms with Gasteiger partial charge in [-0.15, -0.1) is 0 Å². The van der Waals surface area contributed by atoms with Crippen LogP contribution in [0.25, 0.3) is 16.9 Å². The van der Waals surface area contributed by atoms with Gasteiger partial charge in [0.1, 0.15) is 11.4 Å². The Bertz CT molecular complexity index is 1050. The first-order valence-electron chi connectivity index (χ1n) is 10.2. The van der Waals surface area contributed by atoms with Gasteiger partial charge in [0, 0.05) is 24.8 Å². The number of aromatic nitrogens is 2. The van der Waals surface area contributed by atoms with Gasteiger partial charge in [-0.3, -0.25) is 14.0 Å². The zero-order valence-electron chi connectivity index (χ0n) is 17.2.